The summed E-state index contributed by atoms with van der Waals surface area (Å²) < 4.78 is 39.3. The zero-order valence-electron chi connectivity index (χ0n) is 14.3. The molecule has 0 saturated carbocycles. The molecule has 0 aliphatic heterocycles. The maximum atomic E-state index is 11.8. The fourth-order valence-electron chi connectivity index (χ4n) is 1.75. The van der Waals surface area contributed by atoms with E-state index in [2.05, 4.69) is 20.8 Å². The summed E-state index contributed by atoms with van der Waals surface area (Å²) in [6.45, 7) is 3.25. The maximum Gasteiger partial charge on any atom is 0.345 e. The largest absolute Gasteiger partial charge is 0.465 e. The minimum atomic E-state index is -3.71. The van der Waals surface area contributed by atoms with Gasteiger partial charge in [0, 0.05) is 12.1 Å². The average molecular weight is 383 g/mol. The van der Waals surface area contributed by atoms with Gasteiger partial charge in [0.15, 0.2) is 0 Å². The molecule has 0 aromatic heterocycles. The Balaban J connectivity index is 3.49. The third-order valence-electron chi connectivity index (χ3n) is 2.82. The van der Waals surface area contributed by atoms with Gasteiger partial charge in [0.2, 0.25) is 10.0 Å². The van der Waals surface area contributed by atoms with Gasteiger partial charge < -0.3 is 14.2 Å². The van der Waals surface area contributed by atoms with E-state index in [1.165, 1.54) is 18.2 Å². The zero-order chi connectivity index (χ0) is 19.9. The Morgan fingerprint density at radius 1 is 1.12 bits per heavy atom. The van der Waals surface area contributed by atoms with Gasteiger partial charge in [0.05, 0.1) is 26.2 Å². The van der Waals surface area contributed by atoms with Crippen molar-refractivity contribution in [3.63, 3.8) is 0 Å². The third-order valence-corrected chi connectivity index (χ3v) is 3.41. The first kappa shape index (κ1) is 20.9. The normalized spacial score (nSPS) is 10.3. The monoisotopic (exact) mass is 383 g/mol. The van der Waals surface area contributed by atoms with Crippen molar-refractivity contribution in [2.45, 2.75) is 0 Å². The van der Waals surface area contributed by atoms with Gasteiger partial charge in [-0.1, -0.05) is 6.58 Å². The van der Waals surface area contributed by atoms with Crippen LogP contribution in [0.1, 0.15) is 5.56 Å². The molecule has 0 radical (unpaired) electrons. The van der Waals surface area contributed by atoms with E-state index in [9.17, 15) is 22.8 Å². The molecule has 0 saturated heterocycles. The number of hydrogen-bond acceptors (Lipinski definition) is 8. The predicted octanol–water partition coefficient (Wildman–Crippen LogP) is 0.879. The summed E-state index contributed by atoms with van der Waals surface area (Å²) in [6.07, 6.45) is 2.93. The van der Waals surface area contributed by atoms with Crippen LogP contribution < -0.4 is 9.46 Å². The quantitative estimate of drug-likeness (QED) is 0.242. The maximum absolute atomic E-state index is 11.8. The fraction of sp³-hybridized carbons (Fsp3) is 0.188. The van der Waals surface area contributed by atoms with Gasteiger partial charge in [-0.3, -0.25) is 4.72 Å². The summed E-state index contributed by atoms with van der Waals surface area (Å²) in [5.41, 5.74) is -0.353. The van der Waals surface area contributed by atoms with E-state index in [-0.39, 0.29) is 17.0 Å². The molecule has 0 bridgehead atoms. The number of carbonyl (C=O) groups is 3. The van der Waals surface area contributed by atoms with Crippen LogP contribution in [0.5, 0.6) is 5.75 Å². The van der Waals surface area contributed by atoms with E-state index in [1.54, 1.807) is 0 Å². The minimum absolute atomic E-state index is 0.0240. The lowest BCUT2D eigenvalue weighted by Crippen LogP contribution is -2.16. The Morgan fingerprint density at radius 2 is 1.69 bits per heavy atom. The Bertz CT molecular complexity index is 852. The number of nitrogens with one attached hydrogen (secondary N) is 1. The highest BCUT2D eigenvalue weighted by Crippen LogP contribution is 2.26. The molecule has 1 aromatic rings. The van der Waals surface area contributed by atoms with Crippen molar-refractivity contribution in [1.82, 2.24) is 0 Å². The van der Waals surface area contributed by atoms with Gasteiger partial charge in [0.1, 0.15) is 11.3 Å². The molecular weight excluding hydrogens is 366 g/mol. The van der Waals surface area contributed by atoms with Crippen LogP contribution in [0.2, 0.25) is 0 Å². The first-order chi connectivity index (χ1) is 12.1. The number of anilines is 1. The van der Waals surface area contributed by atoms with Gasteiger partial charge in [-0.2, -0.15) is 0 Å². The van der Waals surface area contributed by atoms with Crippen LogP contribution in [0.3, 0.4) is 0 Å². The minimum Gasteiger partial charge on any atom is -0.465 e. The second-order valence-electron chi connectivity index (χ2n) is 4.79. The molecule has 0 unspecified atom stereocenters. The van der Waals surface area contributed by atoms with E-state index >= 15 is 0 Å². The number of carbonyl (C=O) groups excluding carboxylic acids is 3. The molecule has 1 rings (SSSR count). The van der Waals surface area contributed by atoms with Crippen LogP contribution in [0.15, 0.2) is 36.4 Å². The van der Waals surface area contributed by atoms with Crippen molar-refractivity contribution < 1.29 is 37.0 Å². The van der Waals surface area contributed by atoms with Crippen molar-refractivity contribution in [2.24, 2.45) is 0 Å². The van der Waals surface area contributed by atoms with Crippen LogP contribution >= 0.6 is 0 Å². The Labute approximate surface area is 150 Å². The Kier molecular flexibility index (Phi) is 7.08. The lowest BCUT2D eigenvalue weighted by molar-refractivity contribution is -0.143. The first-order valence-corrected chi connectivity index (χ1v) is 8.84. The summed E-state index contributed by atoms with van der Waals surface area (Å²) in [7, 11) is -1.56. The van der Waals surface area contributed by atoms with Crippen LogP contribution in [-0.2, 0) is 33.9 Å². The number of rotatable bonds is 7. The molecule has 9 nitrogen and oxygen atoms in total. The van der Waals surface area contributed by atoms with E-state index in [0.717, 1.165) is 32.6 Å². The molecule has 0 heterocycles. The third kappa shape index (κ3) is 6.06. The fourth-order valence-corrected chi connectivity index (χ4v) is 2.32. The molecule has 140 valence electrons. The highest BCUT2D eigenvalue weighted by molar-refractivity contribution is 7.92. The second-order valence-corrected chi connectivity index (χ2v) is 6.54. The highest BCUT2D eigenvalue weighted by atomic mass is 32.2. The predicted molar refractivity (Wildman–Crippen MR) is 92.7 cm³/mol. The van der Waals surface area contributed by atoms with E-state index < -0.39 is 33.5 Å². The lowest BCUT2D eigenvalue weighted by Gasteiger charge is -2.11. The lowest BCUT2D eigenvalue weighted by atomic mass is 10.1. The number of esters is 3. The van der Waals surface area contributed by atoms with E-state index in [4.69, 9.17) is 4.74 Å². The summed E-state index contributed by atoms with van der Waals surface area (Å²) in [5.74, 6) is -2.66. The van der Waals surface area contributed by atoms with Crippen LogP contribution in [0.25, 0.3) is 6.08 Å². The molecule has 26 heavy (non-hydrogen) atoms. The van der Waals surface area contributed by atoms with Crippen molar-refractivity contribution >= 4 is 39.7 Å². The highest BCUT2D eigenvalue weighted by Gasteiger charge is 2.21. The van der Waals surface area contributed by atoms with Gasteiger partial charge in [-0.25, -0.2) is 22.8 Å². The number of sulfonamides is 1. The average Bonchev–Trinajstić information content (AvgIpc) is 2.58. The van der Waals surface area contributed by atoms with Gasteiger partial charge >= 0.3 is 17.9 Å². The molecule has 10 heteroatoms. The number of benzene rings is 1. The van der Waals surface area contributed by atoms with Crippen molar-refractivity contribution in [3.8, 4) is 5.75 Å². The molecule has 0 fully saturated rings. The number of methoxy groups -OCH3 is 2. The number of ether oxygens (including phenoxy) is 3. The molecule has 1 N–H and O–H groups in total. The summed E-state index contributed by atoms with van der Waals surface area (Å²) in [5, 5.41) is 0. The summed E-state index contributed by atoms with van der Waals surface area (Å²) >= 11 is 0. The Morgan fingerprint density at radius 3 is 2.15 bits per heavy atom. The smallest absolute Gasteiger partial charge is 0.345 e. The van der Waals surface area contributed by atoms with Gasteiger partial charge in [-0.15, -0.1) is 0 Å². The van der Waals surface area contributed by atoms with Crippen LogP contribution in [0, 0.1) is 0 Å². The molecule has 0 atom stereocenters. The molecule has 0 spiro atoms. The summed E-state index contributed by atoms with van der Waals surface area (Å²) in [4.78, 5) is 34.8. The van der Waals surface area contributed by atoms with Crippen LogP contribution in [-0.4, -0.2) is 46.8 Å². The SMILES string of the molecule is C=CC(=O)Oc1ccc(C=C(C(=O)OC)C(=O)OC)c(NS(C)(=O)=O)c1. The van der Waals surface area contributed by atoms with Gasteiger partial charge in [-0.05, 0) is 23.8 Å². The van der Waals surface area contributed by atoms with Crippen molar-refractivity contribution in [3.05, 3.63) is 42.0 Å². The zero-order valence-corrected chi connectivity index (χ0v) is 15.1. The molecule has 0 amide bonds. The van der Waals surface area contributed by atoms with E-state index in [1.807, 2.05) is 0 Å². The molecule has 0 aliphatic carbocycles. The molecular formula is C16H17NO8S. The summed E-state index contributed by atoms with van der Waals surface area (Å²) in [6, 6.07) is 3.89. The van der Waals surface area contributed by atoms with Crippen molar-refractivity contribution in [2.75, 3.05) is 25.2 Å². The topological polar surface area (TPSA) is 125 Å². The standard InChI is InChI=1S/C16H17NO8S/c1-5-14(18)25-11-7-6-10(13(9-11)17-26(4,21)22)8-12(15(19)23-2)16(20)24-3/h5-9,17H,1H2,2-4H3. The van der Waals surface area contributed by atoms with Crippen molar-refractivity contribution in [1.29, 1.82) is 0 Å². The Hall–Kier alpha value is -3.14. The number of hydrogen-bond donors (Lipinski definition) is 1. The molecule has 0 aliphatic rings. The first-order valence-electron chi connectivity index (χ1n) is 6.95. The van der Waals surface area contributed by atoms with Crippen LogP contribution in [0.4, 0.5) is 5.69 Å². The second kappa shape index (κ2) is 8.81. The molecule has 1 aromatic carbocycles. The van der Waals surface area contributed by atoms with E-state index in [0.29, 0.717) is 0 Å². The van der Waals surface area contributed by atoms with Gasteiger partial charge in [0.25, 0.3) is 0 Å².